The molecule has 3 rings (SSSR count). The number of rotatable bonds is 7. The molecule has 0 atom stereocenters. The lowest BCUT2D eigenvalue weighted by Gasteiger charge is -2.11. The molecule has 0 saturated heterocycles. The summed E-state index contributed by atoms with van der Waals surface area (Å²) in [5.41, 5.74) is 0.606. The number of methoxy groups -OCH3 is 2. The third-order valence-corrected chi connectivity index (χ3v) is 5.18. The predicted molar refractivity (Wildman–Crippen MR) is 110 cm³/mol. The van der Waals surface area contributed by atoms with Gasteiger partial charge in [0.1, 0.15) is 5.82 Å². The van der Waals surface area contributed by atoms with Crippen molar-refractivity contribution in [2.24, 2.45) is 0 Å². The van der Waals surface area contributed by atoms with E-state index in [0.29, 0.717) is 22.9 Å². The van der Waals surface area contributed by atoms with E-state index in [0.717, 1.165) is 16.3 Å². The smallest absolute Gasteiger partial charge is 0.315 e. The lowest BCUT2D eigenvalue weighted by Crippen LogP contribution is -2.32. The molecule has 0 bridgehead atoms. The Kier molecular flexibility index (Phi) is 6.45. The standard InChI is InChI=1S/C18H17ClFN5O3S/c1-27-14-6-3-10(7-15(14)28-2)9-29-18-24-23-16(17(26)25(18)21)22-11-4-5-12(19)13(20)8-11/h3-8H,9,21H2,1-2H3,(H,22,23). The van der Waals surface area contributed by atoms with E-state index in [1.165, 1.54) is 23.9 Å². The summed E-state index contributed by atoms with van der Waals surface area (Å²) in [5.74, 6) is 6.78. The van der Waals surface area contributed by atoms with Gasteiger partial charge < -0.3 is 20.6 Å². The van der Waals surface area contributed by atoms with Crippen LogP contribution in [0, 0.1) is 5.82 Å². The third kappa shape index (κ3) is 4.72. The van der Waals surface area contributed by atoms with Crippen LogP contribution >= 0.6 is 23.4 Å². The molecule has 0 radical (unpaired) electrons. The molecular weight excluding hydrogens is 421 g/mol. The lowest BCUT2D eigenvalue weighted by molar-refractivity contribution is 0.354. The Bertz CT molecular complexity index is 1100. The monoisotopic (exact) mass is 437 g/mol. The van der Waals surface area contributed by atoms with E-state index in [1.807, 2.05) is 12.1 Å². The molecule has 0 aliphatic heterocycles. The van der Waals surface area contributed by atoms with Gasteiger partial charge in [-0.2, -0.15) is 4.68 Å². The fourth-order valence-corrected chi connectivity index (χ4v) is 3.30. The van der Waals surface area contributed by atoms with Crippen molar-refractivity contribution in [1.82, 2.24) is 14.9 Å². The van der Waals surface area contributed by atoms with Crippen molar-refractivity contribution < 1.29 is 13.9 Å². The van der Waals surface area contributed by atoms with Crippen molar-refractivity contribution in [1.29, 1.82) is 0 Å². The topological polar surface area (TPSA) is 104 Å². The van der Waals surface area contributed by atoms with Crippen molar-refractivity contribution in [3.63, 3.8) is 0 Å². The SMILES string of the molecule is COc1ccc(CSc2nnc(Nc3ccc(Cl)c(F)c3)c(=O)n2N)cc1OC. The van der Waals surface area contributed by atoms with E-state index in [9.17, 15) is 9.18 Å². The van der Waals surface area contributed by atoms with Crippen LogP contribution in [0.3, 0.4) is 0 Å². The molecule has 0 unspecified atom stereocenters. The van der Waals surface area contributed by atoms with Crippen LogP contribution in [0.4, 0.5) is 15.9 Å². The molecule has 2 aromatic carbocycles. The Morgan fingerprint density at radius 3 is 2.62 bits per heavy atom. The van der Waals surface area contributed by atoms with Gasteiger partial charge in [-0.1, -0.05) is 29.4 Å². The number of nitrogens with zero attached hydrogens (tertiary/aromatic N) is 3. The average molecular weight is 438 g/mol. The second-order valence-electron chi connectivity index (χ2n) is 5.74. The number of nitrogens with one attached hydrogen (secondary N) is 1. The number of anilines is 2. The fraction of sp³-hybridized carbons (Fsp3) is 0.167. The highest BCUT2D eigenvalue weighted by Gasteiger charge is 2.13. The van der Waals surface area contributed by atoms with Gasteiger partial charge in [-0.15, -0.1) is 10.2 Å². The maximum absolute atomic E-state index is 13.6. The van der Waals surface area contributed by atoms with Gasteiger partial charge in [0.25, 0.3) is 0 Å². The van der Waals surface area contributed by atoms with E-state index in [1.54, 1.807) is 20.3 Å². The van der Waals surface area contributed by atoms with Gasteiger partial charge in [0.2, 0.25) is 11.0 Å². The molecule has 0 saturated carbocycles. The molecule has 3 aromatic rings. The first-order valence-electron chi connectivity index (χ1n) is 8.23. The molecule has 1 aromatic heterocycles. The molecule has 0 aliphatic rings. The Labute approximate surface area is 174 Å². The number of nitrogens with two attached hydrogens (primary N) is 1. The van der Waals surface area contributed by atoms with Gasteiger partial charge in [0.15, 0.2) is 11.5 Å². The largest absolute Gasteiger partial charge is 0.493 e. The molecule has 0 fully saturated rings. The molecule has 152 valence electrons. The number of thioether (sulfide) groups is 1. The van der Waals surface area contributed by atoms with Gasteiger partial charge in [0.05, 0.1) is 19.2 Å². The Morgan fingerprint density at radius 1 is 1.17 bits per heavy atom. The molecule has 8 nitrogen and oxygen atoms in total. The number of halogens is 2. The summed E-state index contributed by atoms with van der Waals surface area (Å²) >= 11 is 6.88. The van der Waals surface area contributed by atoms with E-state index in [2.05, 4.69) is 15.5 Å². The fourth-order valence-electron chi connectivity index (χ4n) is 2.39. The predicted octanol–water partition coefficient (Wildman–Crippen LogP) is 3.20. The lowest BCUT2D eigenvalue weighted by atomic mass is 10.2. The van der Waals surface area contributed by atoms with Crippen molar-refractivity contribution in [3.05, 3.63) is 63.2 Å². The zero-order valence-electron chi connectivity index (χ0n) is 15.5. The maximum atomic E-state index is 13.6. The van der Waals surface area contributed by atoms with Crippen LogP contribution in [0.1, 0.15) is 5.56 Å². The van der Waals surface area contributed by atoms with Crippen LogP contribution in [-0.4, -0.2) is 29.1 Å². The second-order valence-corrected chi connectivity index (χ2v) is 7.09. The first-order valence-corrected chi connectivity index (χ1v) is 9.60. The minimum absolute atomic E-state index is 0.0280. The molecule has 11 heteroatoms. The number of benzene rings is 2. The minimum atomic E-state index is -0.625. The van der Waals surface area contributed by atoms with Crippen molar-refractivity contribution in [3.8, 4) is 11.5 Å². The van der Waals surface area contributed by atoms with Crippen molar-refractivity contribution >= 4 is 34.9 Å². The minimum Gasteiger partial charge on any atom is -0.493 e. The van der Waals surface area contributed by atoms with Crippen LogP contribution in [0.15, 0.2) is 46.3 Å². The molecule has 0 spiro atoms. The quantitative estimate of drug-likeness (QED) is 0.429. The first-order chi connectivity index (χ1) is 13.9. The van der Waals surface area contributed by atoms with Crippen LogP contribution in [0.5, 0.6) is 11.5 Å². The number of nitrogen functional groups attached to an aromatic ring is 1. The molecular formula is C18H17ClFN5O3S. The van der Waals surface area contributed by atoms with Crippen LogP contribution in [0.2, 0.25) is 5.02 Å². The zero-order valence-corrected chi connectivity index (χ0v) is 17.1. The van der Waals surface area contributed by atoms with Gasteiger partial charge in [-0.3, -0.25) is 4.79 Å². The zero-order chi connectivity index (χ0) is 21.0. The summed E-state index contributed by atoms with van der Waals surface area (Å²) in [6, 6.07) is 9.49. The Balaban J connectivity index is 1.75. The summed E-state index contributed by atoms with van der Waals surface area (Å²) in [4.78, 5) is 12.4. The van der Waals surface area contributed by atoms with Crippen LogP contribution in [0.25, 0.3) is 0 Å². The van der Waals surface area contributed by atoms with E-state index < -0.39 is 11.4 Å². The first kappa shape index (κ1) is 20.7. The second kappa shape index (κ2) is 9.01. The van der Waals surface area contributed by atoms with E-state index in [4.69, 9.17) is 26.9 Å². The number of ether oxygens (including phenoxy) is 2. The molecule has 0 amide bonds. The summed E-state index contributed by atoms with van der Waals surface area (Å²) in [6.45, 7) is 0. The van der Waals surface area contributed by atoms with Crippen molar-refractivity contribution in [2.45, 2.75) is 10.9 Å². The highest BCUT2D eigenvalue weighted by molar-refractivity contribution is 7.98. The van der Waals surface area contributed by atoms with Gasteiger partial charge in [-0.05, 0) is 35.9 Å². The van der Waals surface area contributed by atoms with Gasteiger partial charge in [0, 0.05) is 11.4 Å². The molecule has 29 heavy (non-hydrogen) atoms. The highest BCUT2D eigenvalue weighted by atomic mass is 35.5. The Morgan fingerprint density at radius 2 is 1.93 bits per heavy atom. The molecule has 0 aliphatic carbocycles. The normalized spacial score (nSPS) is 10.6. The Hall–Kier alpha value is -2.98. The van der Waals surface area contributed by atoms with Crippen LogP contribution in [-0.2, 0) is 5.75 Å². The van der Waals surface area contributed by atoms with Crippen LogP contribution < -0.4 is 26.2 Å². The summed E-state index contributed by atoms with van der Waals surface area (Å²) in [5, 5.41) is 10.7. The van der Waals surface area contributed by atoms with Gasteiger partial charge >= 0.3 is 5.56 Å². The van der Waals surface area contributed by atoms with E-state index >= 15 is 0 Å². The third-order valence-electron chi connectivity index (χ3n) is 3.86. The molecule has 1 heterocycles. The highest BCUT2D eigenvalue weighted by Crippen LogP contribution is 2.30. The summed E-state index contributed by atoms with van der Waals surface area (Å²) in [7, 11) is 3.11. The summed E-state index contributed by atoms with van der Waals surface area (Å²) in [6.07, 6.45) is 0. The van der Waals surface area contributed by atoms with E-state index in [-0.39, 0.29) is 16.0 Å². The van der Waals surface area contributed by atoms with Crippen molar-refractivity contribution in [2.75, 3.05) is 25.4 Å². The number of hydrogen-bond donors (Lipinski definition) is 2. The summed E-state index contributed by atoms with van der Waals surface area (Å²) < 4.78 is 24.9. The molecule has 3 N–H and O–H groups in total. The maximum Gasteiger partial charge on any atom is 0.315 e. The van der Waals surface area contributed by atoms with Gasteiger partial charge in [-0.25, -0.2) is 4.39 Å². The number of aromatic nitrogens is 3. The average Bonchev–Trinajstić information content (AvgIpc) is 2.73. The number of hydrogen-bond acceptors (Lipinski definition) is 8.